The highest BCUT2D eigenvalue weighted by Crippen LogP contribution is 2.37. The van der Waals surface area contributed by atoms with Crippen molar-refractivity contribution in [1.82, 2.24) is 5.01 Å². The number of allylic oxidation sites excluding steroid dienone is 1. The smallest absolute Gasteiger partial charge is 0.232 e. The van der Waals surface area contributed by atoms with Gasteiger partial charge in [0.1, 0.15) is 6.72 Å². The molecule has 1 aliphatic heterocycles. The molecule has 3 heteroatoms. The fourth-order valence-electron chi connectivity index (χ4n) is 1.78. The van der Waals surface area contributed by atoms with Gasteiger partial charge in [-0.1, -0.05) is 26.8 Å². The molecule has 0 aliphatic carbocycles. The Hall–Kier alpha value is -1.77. The third-order valence-corrected chi connectivity index (χ3v) is 2.85. The normalized spacial score (nSPS) is 19.1. The van der Waals surface area contributed by atoms with E-state index in [0.29, 0.717) is 0 Å². The minimum atomic E-state index is 0.0663. The second-order valence-electron chi connectivity index (χ2n) is 5.34. The zero-order valence-electron chi connectivity index (χ0n) is 10.9. The van der Waals surface area contributed by atoms with E-state index in [1.165, 1.54) is 0 Å². The standard InChI is InChI=1S/C14H19N3/c1-14(2,3)13-10-12(17(5)15-13)11-8-6-7-9-16(11)4/h6-10H,4H2,1-3,5H3. The van der Waals surface area contributed by atoms with Gasteiger partial charge in [0.05, 0.1) is 5.70 Å². The van der Waals surface area contributed by atoms with Crippen LogP contribution in [-0.4, -0.2) is 12.1 Å². The molecule has 0 radical (unpaired) electrons. The summed E-state index contributed by atoms with van der Waals surface area (Å²) in [5.41, 5.74) is 6.83. The van der Waals surface area contributed by atoms with E-state index >= 15 is 0 Å². The second kappa shape index (κ2) is 3.91. The molecule has 3 nitrogen and oxygen atoms in total. The lowest BCUT2D eigenvalue weighted by atomic mass is 9.92. The van der Waals surface area contributed by atoms with Gasteiger partial charge in [-0.2, -0.15) is 4.24 Å². The Balaban J connectivity index is 2.63. The topological polar surface area (TPSA) is 23.2 Å². The van der Waals surface area contributed by atoms with Crippen LogP contribution >= 0.6 is 0 Å². The summed E-state index contributed by atoms with van der Waals surface area (Å²) in [5.74, 6) is 0. The lowest BCUT2D eigenvalue weighted by Gasteiger charge is -2.36. The summed E-state index contributed by atoms with van der Waals surface area (Å²) >= 11 is 0. The van der Waals surface area contributed by atoms with Crippen molar-refractivity contribution in [3.63, 3.8) is 0 Å². The number of hydrogen-bond donors (Lipinski definition) is 0. The third kappa shape index (κ3) is 2.18. The molecule has 0 saturated carbocycles. The van der Waals surface area contributed by atoms with Crippen LogP contribution in [0.4, 0.5) is 0 Å². The molecule has 0 aromatic carbocycles. The molecule has 90 valence electrons. The van der Waals surface area contributed by atoms with Crippen molar-refractivity contribution in [1.29, 1.82) is 0 Å². The van der Waals surface area contributed by atoms with Crippen LogP contribution in [0.5, 0.6) is 0 Å². The van der Waals surface area contributed by atoms with Crippen LogP contribution in [0.1, 0.15) is 20.8 Å². The van der Waals surface area contributed by atoms with Gasteiger partial charge in [-0.15, -0.1) is 5.70 Å². The summed E-state index contributed by atoms with van der Waals surface area (Å²) in [4.78, 5) is 0. The Morgan fingerprint density at radius 3 is 2.53 bits per heavy atom. The summed E-state index contributed by atoms with van der Waals surface area (Å²) in [6.45, 7) is 10.5. The number of nitrogens with zero attached hydrogens (tertiary/aromatic N) is 3. The van der Waals surface area contributed by atoms with Crippen molar-refractivity contribution in [3.05, 3.63) is 53.7 Å². The summed E-state index contributed by atoms with van der Waals surface area (Å²) in [7, 11) is 1.97. The van der Waals surface area contributed by atoms with E-state index < -0.39 is 0 Å². The molecule has 17 heavy (non-hydrogen) atoms. The average Bonchev–Trinajstić information content (AvgIpc) is 2.61. The minimum absolute atomic E-state index is 0.0663. The van der Waals surface area contributed by atoms with Crippen molar-refractivity contribution >= 4 is 5.70 Å². The fourth-order valence-corrected chi connectivity index (χ4v) is 1.78. The number of hydrogen-bond acceptors (Lipinski definition) is 1. The van der Waals surface area contributed by atoms with Gasteiger partial charge in [0.2, 0.25) is 5.35 Å². The van der Waals surface area contributed by atoms with Crippen LogP contribution in [0.25, 0.3) is 11.1 Å². The molecule has 0 fully saturated rings. The Morgan fingerprint density at radius 2 is 2.00 bits per heavy atom. The van der Waals surface area contributed by atoms with E-state index in [-0.39, 0.29) is 5.41 Å². The lowest BCUT2D eigenvalue weighted by Crippen LogP contribution is -2.38. The van der Waals surface area contributed by atoms with Gasteiger partial charge in [0.25, 0.3) is 0 Å². The van der Waals surface area contributed by atoms with E-state index in [1.54, 1.807) is 0 Å². The quantitative estimate of drug-likeness (QED) is 0.623. The van der Waals surface area contributed by atoms with Gasteiger partial charge < -0.3 is 10.4 Å². The third-order valence-electron chi connectivity index (χ3n) is 2.85. The maximum absolute atomic E-state index is 4.57. The number of pyridine rings is 1. The highest BCUT2D eigenvalue weighted by molar-refractivity contribution is 5.63. The van der Waals surface area contributed by atoms with Crippen LogP contribution < -0.4 is 9.59 Å². The summed E-state index contributed by atoms with van der Waals surface area (Å²) < 4.78 is 1.86. The Bertz CT molecular complexity index is 564. The first kappa shape index (κ1) is 11.7. The van der Waals surface area contributed by atoms with Crippen LogP contribution in [0.3, 0.4) is 0 Å². The predicted octanol–water partition coefficient (Wildman–Crippen LogP) is 1.89. The molecule has 0 saturated heterocycles. The molecular weight excluding hydrogens is 210 g/mol. The molecule has 0 unspecified atom stereocenters. The number of likely N-dealkylation sites (N-methyl/N-ethyl adjacent to an activating group) is 1. The van der Waals surface area contributed by atoms with Crippen molar-refractivity contribution in [2.24, 2.45) is 5.41 Å². The Kier molecular flexibility index (Phi) is 2.69. The maximum atomic E-state index is 4.57. The lowest BCUT2D eigenvalue weighted by molar-refractivity contribution is -0.514. The van der Waals surface area contributed by atoms with Crippen molar-refractivity contribution in [2.45, 2.75) is 20.8 Å². The zero-order valence-corrected chi connectivity index (χ0v) is 10.9. The Morgan fingerprint density at radius 1 is 1.29 bits per heavy atom. The number of rotatable bonds is 0. The van der Waals surface area contributed by atoms with E-state index in [9.17, 15) is 0 Å². The molecule has 2 heterocycles. The molecule has 2 rings (SSSR count). The molecule has 0 N–H and O–H groups in total. The second-order valence-corrected chi connectivity index (χ2v) is 5.34. The van der Waals surface area contributed by atoms with Gasteiger partial charge in [0, 0.05) is 12.1 Å². The maximum Gasteiger partial charge on any atom is 0.232 e. The van der Waals surface area contributed by atoms with E-state index in [2.05, 4.69) is 45.1 Å². The van der Waals surface area contributed by atoms with Gasteiger partial charge in [-0.3, -0.25) is 0 Å². The molecule has 1 aromatic rings. The Labute approximate surface area is 102 Å². The summed E-state index contributed by atoms with van der Waals surface area (Å²) in [6, 6.07) is 6.04. The van der Waals surface area contributed by atoms with Crippen LogP contribution in [0, 0.1) is 12.1 Å². The molecule has 1 aliphatic rings. The first-order valence-corrected chi connectivity index (χ1v) is 5.76. The summed E-state index contributed by atoms with van der Waals surface area (Å²) in [5, 5.41) is 2.98. The van der Waals surface area contributed by atoms with E-state index in [4.69, 9.17) is 0 Å². The van der Waals surface area contributed by atoms with Crippen molar-refractivity contribution in [3.8, 4) is 0 Å². The minimum Gasteiger partial charge on any atom is -0.598 e. The number of aromatic nitrogens is 1. The van der Waals surface area contributed by atoms with E-state index in [0.717, 1.165) is 16.7 Å². The van der Waals surface area contributed by atoms with Crippen LogP contribution in [0.2, 0.25) is 0 Å². The molecule has 0 spiro atoms. The van der Waals surface area contributed by atoms with E-state index in [1.807, 2.05) is 34.6 Å². The van der Waals surface area contributed by atoms with Gasteiger partial charge in [-0.25, -0.2) is 0 Å². The van der Waals surface area contributed by atoms with Gasteiger partial charge in [-0.05, 0) is 18.5 Å². The first-order chi connectivity index (χ1) is 7.89. The van der Waals surface area contributed by atoms with Gasteiger partial charge >= 0.3 is 0 Å². The first-order valence-electron chi connectivity index (χ1n) is 5.76. The van der Waals surface area contributed by atoms with Gasteiger partial charge in [0.15, 0.2) is 6.20 Å². The van der Waals surface area contributed by atoms with Crippen LogP contribution in [-0.2, 0) is 0 Å². The fraction of sp³-hybridized carbons (Fsp3) is 0.357. The summed E-state index contributed by atoms with van der Waals surface area (Å²) in [6.07, 6.45) is 4.08. The molecule has 0 atom stereocenters. The molecule has 0 bridgehead atoms. The largest absolute Gasteiger partial charge is 0.598 e. The molecule has 1 aromatic heterocycles. The zero-order chi connectivity index (χ0) is 12.6. The molecular formula is C14H19N3. The molecule has 0 amide bonds. The highest BCUT2D eigenvalue weighted by Gasteiger charge is 2.17. The predicted molar refractivity (Wildman–Crippen MR) is 69.1 cm³/mol. The van der Waals surface area contributed by atoms with Crippen molar-refractivity contribution in [2.75, 3.05) is 7.05 Å². The average molecular weight is 229 g/mol. The highest BCUT2D eigenvalue weighted by atomic mass is 15.5. The van der Waals surface area contributed by atoms with Crippen molar-refractivity contribution < 1.29 is 4.24 Å². The SMILES string of the molecule is C=[n+]1ccccc1=C1C=C(C(C)(C)C)[N-]N1C. The monoisotopic (exact) mass is 229 g/mol. The van der Waals surface area contributed by atoms with Crippen LogP contribution in [0.15, 0.2) is 36.2 Å².